The summed E-state index contributed by atoms with van der Waals surface area (Å²) in [6.45, 7) is 3.74. The minimum Gasteiger partial charge on any atom is -0.332 e. The Morgan fingerprint density at radius 2 is 1.44 bits per heavy atom. The molecule has 0 radical (unpaired) electrons. The molecule has 2 aromatic carbocycles. The van der Waals surface area contributed by atoms with Gasteiger partial charge in [0, 0.05) is 5.69 Å². The highest BCUT2D eigenvalue weighted by Crippen LogP contribution is 2.60. The quantitative estimate of drug-likeness (QED) is 0.498. The van der Waals surface area contributed by atoms with Crippen molar-refractivity contribution in [3.63, 3.8) is 0 Å². The maximum atomic E-state index is 13.2. The summed E-state index contributed by atoms with van der Waals surface area (Å²) in [5, 5.41) is 6.22. The Bertz CT molecular complexity index is 1180. The SMILES string of the molecule is Cc1cccc(C)c1NS(=O)(=O)c1ccc(NC(=S)NC(=O)C23CC4CC(CC(C4)C2)C3)cc1. The molecule has 1 amide bonds. The van der Waals surface area contributed by atoms with Crippen LogP contribution in [0.2, 0.25) is 0 Å². The number of para-hydroxylation sites is 1. The summed E-state index contributed by atoms with van der Waals surface area (Å²) in [4.78, 5) is 13.3. The van der Waals surface area contributed by atoms with Crippen molar-refractivity contribution in [2.75, 3.05) is 10.0 Å². The molecule has 3 N–H and O–H groups in total. The van der Waals surface area contributed by atoms with E-state index >= 15 is 0 Å². The van der Waals surface area contributed by atoms with E-state index in [1.54, 1.807) is 12.1 Å². The van der Waals surface area contributed by atoms with E-state index in [1.807, 2.05) is 32.0 Å². The monoisotopic (exact) mass is 497 g/mol. The van der Waals surface area contributed by atoms with Crippen molar-refractivity contribution in [3.8, 4) is 0 Å². The number of thiocarbonyl (C=S) groups is 1. The van der Waals surface area contributed by atoms with Gasteiger partial charge in [0.1, 0.15) is 0 Å². The van der Waals surface area contributed by atoms with Crippen LogP contribution in [-0.2, 0) is 14.8 Å². The van der Waals surface area contributed by atoms with Gasteiger partial charge in [-0.05, 0) is 118 Å². The van der Waals surface area contributed by atoms with Gasteiger partial charge in [-0.3, -0.25) is 9.52 Å². The maximum absolute atomic E-state index is 13.2. The predicted molar refractivity (Wildman–Crippen MR) is 138 cm³/mol. The molecule has 0 atom stereocenters. The zero-order chi connectivity index (χ0) is 24.1. The van der Waals surface area contributed by atoms with Crippen LogP contribution in [0.3, 0.4) is 0 Å². The van der Waals surface area contributed by atoms with Crippen molar-refractivity contribution in [1.82, 2.24) is 5.32 Å². The molecule has 6 nitrogen and oxygen atoms in total. The second-order valence-electron chi connectivity index (χ2n) is 10.5. The summed E-state index contributed by atoms with van der Waals surface area (Å²) in [7, 11) is -3.73. The van der Waals surface area contributed by atoms with Gasteiger partial charge in [-0.1, -0.05) is 18.2 Å². The van der Waals surface area contributed by atoms with Crippen LogP contribution in [0.5, 0.6) is 0 Å². The molecule has 34 heavy (non-hydrogen) atoms. The number of amides is 1. The number of sulfonamides is 1. The van der Waals surface area contributed by atoms with Crippen LogP contribution in [0, 0.1) is 37.0 Å². The third-order valence-corrected chi connectivity index (χ3v) is 9.46. The van der Waals surface area contributed by atoms with Crippen LogP contribution >= 0.6 is 12.2 Å². The van der Waals surface area contributed by atoms with Crippen molar-refractivity contribution >= 4 is 44.6 Å². The summed E-state index contributed by atoms with van der Waals surface area (Å²) in [5.41, 5.74) is 2.68. The summed E-state index contributed by atoms with van der Waals surface area (Å²) in [6, 6.07) is 12.0. The van der Waals surface area contributed by atoms with Gasteiger partial charge >= 0.3 is 0 Å². The first-order chi connectivity index (χ1) is 16.1. The Morgan fingerprint density at radius 1 is 0.912 bits per heavy atom. The molecule has 0 aliphatic heterocycles. The van der Waals surface area contributed by atoms with E-state index in [1.165, 1.54) is 31.4 Å². The lowest BCUT2D eigenvalue weighted by atomic mass is 9.49. The van der Waals surface area contributed by atoms with Crippen LogP contribution < -0.4 is 15.4 Å². The van der Waals surface area contributed by atoms with Crippen LogP contribution in [0.25, 0.3) is 0 Å². The smallest absolute Gasteiger partial charge is 0.261 e. The highest BCUT2D eigenvalue weighted by molar-refractivity contribution is 7.92. The average molecular weight is 498 g/mol. The van der Waals surface area contributed by atoms with E-state index in [-0.39, 0.29) is 21.3 Å². The van der Waals surface area contributed by atoms with Crippen LogP contribution in [-0.4, -0.2) is 19.4 Å². The summed E-state index contributed by atoms with van der Waals surface area (Å²) >= 11 is 5.42. The Labute approximate surface area is 207 Å². The predicted octanol–water partition coefficient (Wildman–Crippen LogP) is 5.13. The van der Waals surface area contributed by atoms with E-state index in [0.29, 0.717) is 29.1 Å². The van der Waals surface area contributed by atoms with E-state index in [4.69, 9.17) is 12.2 Å². The number of rotatable bonds is 5. The van der Waals surface area contributed by atoms with Crippen molar-refractivity contribution < 1.29 is 13.2 Å². The number of hydrogen-bond donors (Lipinski definition) is 3. The van der Waals surface area contributed by atoms with Crippen molar-refractivity contribution in [2.24, 2.45) is 23.2 Å². The van der Waals surface area contributed by atoms with Gasteiger partial charge in [-0.15, -0.1) is 0 Å². The topological polar surface area (TPSA) is 87.3 Å². The van der Waals surface area contributed by atoms with Gasteiger partial charge in [-0.25, -0.2) is 8.42 Å². The zero-order valence-corrected chi connectivity index (χ0v) is 21.2. The number of benzene rings is 2. The minimum absolute atomic E-state index is 0.0427. The number of carbonyl (C=O) groups is 1. The van der Waals surface area contributed by atoms with Gasteiger partial charge in [0.15, 0.2) is 5.11 Å². The molecule has 4 bridgehead atoms. The Hall–Kier alpha value is -2.45. The average Bonchev–Trinajstić information content (AvgIpc) is 2.76. The van der Waals surface area contributed by atoms with Crippen LogP contribution in [0.1, 0.15) is 49.7 Å². The van der Waals surface area contributed by atoms with Gasteiger partial charge < -0.3 is 10.6 Å². The number of aryl methyl sites for hydroxylation is 2. The molecule has 4 aliphatic rings. The number of anilines is 2. The Morgan fingerprint density at radius 3 is 1.97 bits per heavy atom. The molecule has 0 spiro atoms. The summed E-state index contributed by atoms with van der Waals surface area (Å²) < 4.78 is 28.4. The van der Waals surface area contributed by atoms with E-state index < -0.39 is 10.0 Å². The lowest BCUT2D eigenvalue weighted by Gasteiger charge is -2.55. The largest absolute Gasteiger partial charge is 0.332 e. The molecule has 0 saturated heterocycles. The molecule has 0 unspecified atom stereocenters. The first-order valence-corrected chi connectivity index (χ1v) is 13.8. The van der Waals surface area contributed by atoms with Crippen LogP contribution in [0.4, 0.5) is 11.4 Å². The van der Waals surface area contributed by atoms with Crippen molar-refractivity contribution in [3.05, 3.63) is 53.6 Å². The van der Waals surface area contributed by atoms with Crippen molar-refractivity contribution in [2.45, 2.75) is 57.3 Å². The fraction of sp³-hybridized carbons (Fsp3) is 0.462. The van der Waals surface area contributed by atoms with Gasteiger partial charge in [0.05, 0.1) is 16.0 Å². The molecule has 8 heteroatoms. The van der Waals surface area contributed by atoms with Crippen molar-refractivity contribution in [1.29, 1.82) is 0 Å². The zero-order valence-electron chi connectivity index (χ0n) is 19.6. The minimum atomic E-state index is -3.73. The molecular weight excluding hydrogens is 466 g/mol. The van der Waals surface area contributed by atoms with Gasteiger partial charge in [-0.2, -0.15) is 0 Å². The Balaban J connectivity index is 1.22. The summed E-state index contributed by atoms with van der Waals surface area (Å²) in [5.74, 6) is 2.10. The van der Waals surface area contributed by atoms with E-state index in [9.17, 15) is 13.2 Å². The molecule has 180 valence electrons. The molecular formula is C26H31N3O3S2. The van der Waals surface area contributed by atoms with E-state index in [0.717, 1.165) is 30.4 Å². The first-order valence-electron chi connectivity index (χ1n) is 12.0. The third-order valence-electron chi connectivity index (χ3n) is 7.89. The Kier molecular flexibility index (Phi) is 5.92. The molecule has 4 aliphatic carbocycles. The van der Waals surface area contributed by atoms with Gasteiger partial charge in [0.25, 0.3) is 10.0 Å². The van der Waals surface area contributed by atoms with Gasteiger partial charge in [0.2, 0.25) is 5.91 Å². The second-order valence-corrected chi connectivity index (χ2v) is 12.6. The second kappa shape index (κ2) is 8.64. The molecule has 6 rings (SSSR count). The highest BCUT2D eigenvalue weighted by atomic mass is 32.2. The fourth-order valence-corrected chi connectivity index (χ4v) is 8.09. The van der Waals surface area contributed by atoms with Crippen LogP contribution in [0.15, 0.2) is 47.4 Å². The molecule has 2 aromatic rings. The number of carbonyl (C=O) groups excluding carboxylic acids is 1. The maximum Gasteiger partial charge on any atom is 0.261 e. The third kappa shape index (κ3) is 4.45. The lowest BCUT2D eigenvalue weighted by molar-refractivity contribution is -0.144. The summed E-state index contributed by atoms with van der Waals surface area (Å²) in [6.07, 6.45) is 6.78. The molecule has 0 aromatic heterocycles. The first kappa shape index (κ1) is 23.3. The molecule has 4 saturated carbocycles. The lowest BCUT2D eigenvalue weighted by Crippen LogP contribution is -2.55. The number of hydrogen-bond acceptors (Lipinski definition) is 4. The number of nitrogens with one attached hydrogen (secondary N) is 3. The highest BCUT2D eigenvalue weighted by Gasteiger charge is 2.54. The normalized spacial score (nSPS) is 27.3. The van der Waals surface area contributed by atoms with E-state index in [2.05, 4.69) is 15.4 Å². The molecule has 0 heterocycles. The fourth-order valence-electron chi connectivity index (χ4n) is 6.67. The molecule has 4 fully saturated rings. The standard InChI is InChI=1S/C26H31N3O3S2/c1-16-4-3-5-17(2)23(16)29-34(31,32)22-8-6-21(7-9-22)27-25(33)28-24(30)26-13-18-10-19(14-26)12-20(11-18)15-26/h3-9,18-20,29H,10-15H2,1-2H3,(H2,27,28,30,33).